The lowest BCUT2D eigenvalue weighted by Crippen LogP contribution is -2.45. The molecule has 0 amide bonds. The number of piperazine rings is 1. The third-order valence-electron chi connectivity index (χ3n) is 5.02. The second kappa shape index (κ2) is 7.74. The van der Waals surface area contributed by atoms with Crippen molar-refractivity contribution in [2.75, 3.05) is 26.2 Å². The first-order valence-electron chi connectivity index (χ1n) is 9.16. The highest BCUT2D eigenvalue weighted by atomic mass is 32.1. The Bertz CT molecular complexity index is 831. The van der Waals surface area contributed by atoms with Crippen LogP contribution in [0.5, 0.6) is 0 Å². The lowest BCUT2D eigenvalue weighted by molar-refractivity contribution is 0.121. The molecule has 5 heteroatoms. The van der Waals surface area contributed by atoms with Crippen molar-refractivity contribution in [3.63, 3.8) is 0 Å². The SMILES string of the molecule is Cc1ccc(-c2nc(CN3CCN(Cc4ccsc4)CC3)c(C)o2)cc1. The lowest BCUT2D eigenvalue weighted by atomic mass is 10.1. The molecular weight excluding hydrogens is 342 g/mol. The third kappa shape index (κ3) is 4.06. The summed E-state index contributed by atoms with van der Waals surface area (Å²) in [6.45, 7) is 10.4. The van der Waals surface area contributed by atoms with E-state index in [1.54, 1.807) is 11.3 Å². The third-order valence-corrected chi connectivity index (χ3v) is 5.75. The molecule has 1 fully saturated rings. The van der Waals surface area contributed by atoms with Crippen molar-refractivity contribution < 1.29 is 4.42 Å². The highest BCUT2D eigenvalue weighted by Crippen LogP contribution is 2.23. The second-order valence-corrected chi connectivity index (χ2v) is 7.85. The highest BCUT2D eigenvalue weighted by molar-refractivity contribution is 7.07. The number of aryl methyl sites for hydroxylation is 2. The maximum atomic E-state index is 5.93. The fourth-order valence-corrected chi connectivity index (χ4v) is 4.01. The van der Waals surface area contributed by atoms with Gasteiger partial charge in [0.25, 0.3) is 0 Å². The molecule has 0 aliphatic carbocycles. The Labute approximate surface area is 159 Å². The van der Waals surface area contributed by atoms with E-state index in [9.17, 15) is 0 Å². The van der Waals surface area contributed by atoms with E-state index in [1.165, 1.54) is 11.1 Å². The number of oxazole rings is 1. The van der Waals surface area contributed by atoms with Gasteiger partial charge in [0.15, 0.2) is 0 Å². The number of rotatable bonds is 5. The fraction of sp³-hybridized carbons (Fsp3) is 0.381. The largest absolute Gasteiger partial charge is 0.441 e. The predicted octanol–water partition coefficient (Wildman–Crippen LogP) is 4.34. The minimum Gasteiger partial charge on any atom is -0.441 e. The average molecular weight is 368 g/mol. The summed E-state index contributed by atoms with van der Waals surface area (Å²) in [4.78, 5) is 9.78. The molecule has 4 rings (SSSR count). The zero-order chi connectivity index (χ0) is 17.9. The molecule has 3 aromatic rings. The van der Waals surface area contributed by atoms with Crippen LogP contribution >= 0.6 is 11.3 Å². The van der Waals surface area contributed by atoms with Gasteiger partial charge in [-0.15, -0.1) is 0 Å². The van der Waals surface area contributed by atoms with Gasteiger partial charge in [0, 0.05) is 44.8 Å². The van der Waals surface area contributed by atoms with Gasteiger partial charge < -0.3 is 4.42 Å². The van der Waals surface area contributed by atoms with Crippen molar-refractivity contribution in [3.8, 4) is 11.5 Å². The van der Waals surface area contributed by atoms with Crippen molar-refractivity contribution >= 4 is 11.3 Å². The van der Waals surface area contributed by atoms with Crippen LogP contribution in [-0.2, 0) is 13.1 Å². The Morgan fingerprint density at radius 3 is 2.31 bits per heavy atom. The number of aromatic nitrogens is 1. The average Bonchev–Trinajstić information content (AvgIpc) is 3.28. The quantitative estimate of drug-likeness (QED) is 0.672. The smallest absolute Gasteiger partial charge is 0.226 e. The highest BCUT2D eigenvalue weighted by Gasteiger charge is 2.20. The Morgan fingerprint density at radius 1 is 0.962 bits per heavy atom. The molecule has 136 valence electrons. The zero-order valence-corrected chi connectivity index (χ0v) is 16.3. The molecule has 1 aliphatic rings. The summed E-state index contributed by atoms with van der Waals surface area (Å²) in [6.07, 6.45) is 0. The van der Waals surface area contributed by atoms with Gasteiger partial charge in [0.05, 0.1) is 5.69 Å². The van der Waals surface area contributed by atoms with Crippen LogP contribution in [0.1, 0.15) is 22.6 Å². The minimum atomic E-state index is 0.730. The molecule has 0 bridgehead atoms. The molecule has 0 saturated carbocycles. The van der Waals surface area contributed by atoms with Crippen LogP contribution in [-0.4, -0.2) is 41.0 Å². The molecule has 0 N–H and O–H groups in total. The lowest BCUT2D eigenvalue weighted by Gasteiger charge is -2.34. The zero-order valence-electron chi connectivity index (χ0n) is 15.4. The number of hydrogen-bond donors (Lipinski definition) is 0. The van der Waals surface area contributed by atoms with Crippen LogP contribution in [0.3, 0.4) is 0 Å². The molecule has 0 atom stereocenters. The van der Waals surface area contributed by atoms with Crippen LogP contribution in [0.15, 0.2) is 45.5 Å². The molecular formula is C21H25N3OS. The summed E-state index contributed by atoms with van der Waals surface area (Å²) < 4.78 is 5.93. The molecule has 0 unspecified atom stereocenters. The van der Waals surface area contributed by atoms with Gasteiger partial charge in [-0.3, -0.25) is 9.80 Å². The summed E-state index contributed by atoms with van der Waals surface area (Å²) in [5, 5.41) is 4.41. The van der Waals surface area contributed by atoms with Crippen molar-refractivity contribution in [1.82, 2.24) is 14.8 Å². The molecule has 26 heavy (non-hydrogen) atoms. The molecule has 0 radical (unpaired) electrons. The molecule has 1 aromatic carbocycles. The predicted molar refractivity (Wildman–Crippen MR) is 106 cm³/mol. The van der Waals surface area contributed by atoms with Crippen LogP contribution in [0.2, 0.25) is 0 Å². The van der Waals surface area contributed by atoms with Crippen molar-refractivity contribution in [1.29, 1.82) is 0 Å². The summed E-state index contributed by atoms with van der Waals surface area (Å²) in [6, 6.07) is 10.6. The van der Waals surface area contributed by atoms with E-state index in [4.69, 9.17) is 9.40 Å². The first-order valence-corrected chi connectivity index (χ1v) is 10.1. The second-order valence-electron chi connectivity index (χ2n) is 7.07. The van der Waals surface area contributed by atoms with Gasteiger partial charge in [-0.2, -0.15) is 11.3 Å². The fourth-order valence-electron chi connectivity index (χ4n) is 3.35. The number of thiophene rings is 1. The van der Waals surface area contributed by atoms with E-state index in [-0.39, 0.29) is 0 Å². The molecule has 1 aliphatic heterocycles. The van der Waals surface area contributed by atoms with Crippen molar-refractivity contribution in [2.24, 2.45) is 0 Å². The standard InChI is InChI=1S/C21H25N3OS/c1-16-3-5-19(6-4-16)21-22-20(17(2)25-21)14-24-10-8-23(9-11-24)13-18-7-12-26-15-18/h3-7,12,15H,8-11,13-14H2,1-2H3. The topological polar surface area (TPSA) is 32.5 Å². The maximum absolute atomic E-state index is 5.93. The maximum Gasteiger partial charge on any atom is 0.226 e. The van der Waals surface area contributed by atoms with Crippen LogP contribution in [0.4, 0.5) is 0 Å². The Hall–Kier alpha value is -1.95. The van der Waals surface area contributed by atoms with Gasteiger partial charge in [-0.25, -0.2) is 4.98 Å². The van der Waals surface area contributed by atoms with Crippen LogP contribution < -0.4 is 0 Å². The van der Waals surface area contributed by atoms with E-state index in [1.807, 2.05) is 6.92 Å². The summed E-state index contributed by atoms with van der Waals surface area (Å²) in [7, 11) is 0. The van der Waals surface area contributed by atoms with Crippen LogP contribution in [0, 0.1) is 13.8 Å². The number of hydrogen-bond acceptors (Lipinski definition) is 5. The summed E-state index contributed by atoms with van der Waals surface area (Å²) in [5.41, 5.74) is 4.79. The molecule has 3 heterocycles. The van der Waals surface area contributed by atoms with Crippen LogP contribution in [0.25, 0.3) is 11.5 Å². The van der Waals surface area contributed by atoms with Gasteiger partial charge in [-0.1, -0.05) is 17.7 Å². The normalized spacial score (nSPS) is 16.2. The summed E-state index contributed by atoms with van der Waals surface area (Å²) >= 11 is 1.78. The number of benzene rings is 1. The Kier molecular flexibility index (Phi) is 5.20. The van der Waals surface area contributed by atoms with Gasteiger partial charge in [0.2, 0.25) is 5.89 Å². The van der Waals surface area contributed by atoms with E-state index in [0.717, 1.165) is 62.2 Å². The van der Waals surface area contributed by atoms with E-state index >= 15 is 0 Å². The van der Waals surface area contributed by atoms with Gasteiger partial charge in [0.1, 0.15) is 5.76 Å². The molecule has 2 aromatic heterocycles. The first kappa shape index (κ1) is 17.5. The van der Waals surface area contributed by atoms with Gasteiger partial charge in [-0.05, 0) is 48.4 Å². The van der Waals surface area contributed by atoms with Gasteiger partial charge >= 0.3 is 0 Å². The Morgan fingerprint density at radius 2 is 1.65 bits per heavy atom. The summed E-state index contributed by atoms with van der Waals surface area (Å²) in [5.74, 6) is 1.66. The van der Waals surface area contributed by atoms with Crippen molar-refractivity contribution in [3.05, 3.63) is 63.7 Å². The van der Waals surface area contributed by atoms with E-state index in [0.29, 0.717) is 0 Å². The first-order chi connectivity index (χ1) is 12.7. The molecule has 4 nitrogen and oxygen atoms in total. The van der Waals surface area contributed by atoms with E-state index < -0.39 is 0 Å². The Balaban J connectivity index is 1.35. The minimum absolute atomic E-state index is 0.730. The molecule has 0 spiro atoms. The number of nitrogens with zero attached hydrogens (tertiary/aromatic N) is 3. The monoisotopic (exact) mass is 367 g/mol. The molecule has 1 saturated heterocycles. The van der Waals surface area contributed by atoms with E-state index in [2.05, 4.69) is 57.8 Å². The van der Waals surface area contributed by atoms with Crippen molar-refractivity contribution in [2.45, 2.75) is 26.9 Å².